The van der Waals surface area contributed by atoms with Crippen molar-refractivity contribution in [1.29, 1.82) is 0 Å². The molecule has 3 aromatic rings. The zero-order valence-electron chi connectivity index (χ0n) is 18.0. The molecule has 7 nitrogen and oxygen atoms in total. The Hall–Kier alpha value is -3.72. The molecule has 5 heterocycles. The van der Waals surface area contributed by atoms with Crippen molar-refractivity contribution in [2.75, 3.05) is 24.7 Å². The van der Waals surface area contributed by atoms with E-state index < -0.39 is 17.3 Å². The minimum absolute atomic E-state index is 0.0104. The fourth-order valence-corrected chi connectivity index (χ4v) is 5.54. The number of benzene rings is 2. The third kappa shape index (κ3) is 2.70. The molecule has 2 saturated heterocycles. The van der Waals surface area contributed by atoms with Gasteiger partial charge in [-0.1, -0.05) is 6.07 Å². The van der Waals surface area contributed by atoms with Crippen LogP contribution in [0.25, 0.3) is 11.1 Å². The highest BCUT2D eigenvalue weighted by atomic mass is 19.1. The summed E-state index contributed by atoms with van der Waals surface area (Å²) in [4.78, 5) is 10.6. The van der Waals surface area contributed by atoms with E-state index in [2.05, 4.69) is 14.9 Å². The van der Waals surface area contributed by atoms with Crippen LogP contribution < -0.4 is 15.4 Å². The Balaban J connectivity index is 1.41. The van der Waals surface area contributed by atoms with Crippen LogP contribution >= 0.6 is 0 Å². The quantitative estimate of drug-likeness (QED) is 0.585. The second kappa shape index (κ2) is 6.89. The molecular formula is C25H20F2N4O3. The van der Waals surface area contributed by atoms with Crippen LogP contribution in [0.5, 0.6) is 11.5 Å². The monoisotopic (exact) mass is 462 g/mol. The Bertz CT molecular complexity index is 1380. The fourth-order valence-electron chi connectivity index (χ4n) is 5.54. The highest BCUT2D eigenvalue weighted by Crippen LogP contribution is 2.53. The van der Waals surface area contributed by atoms with Gasteiger partial charge in [-0.3, -0.25) is 0 Å². The van der Waals surface area contributed by atoms with Crippen molar-refractivity contribution in [2.24, 2.45) is 10.7 Å². The average molecular weight is 462 g/mol. The summed E-state index contributed by atoms with van der Waals surface area (Å²) in [5, 5.41) is 0. The summed E-state index contributed by atoms with van der Waals surface area (Å²) >= 11 is 0. The van der Waals surface area contributed by atoms with Gasteiger partial charge >= 0.3 is 0 Å². The number of hydrogen-bond acceptors (Lipinski definition) is 7. The predicted octanol–water partition coefficient (Wildman–Crippen LogP) is 3.70. The van der Waals surface area contributed by atoms with E-state index in [1.165, 1.54) is 12.3 Å². The summed E-state index contributed by atoms with van der Waals surface area (Å²) < 4.78 is 47.3. The van der Waals surface area contributed by atoms with Crippen molar-refractivity contribution in [1.82, 2.24) is 4.98 Å². The number of nitrogens with two attached hydrogens (primary N) is 1. The molecule has 1 aromatic heterocycles. The number of fused-ring (bicyclic) bond motifs is 6. The number of anilines is 1. The van der Waals surface area contributed by atoms with Crippen molar-refractivity contribution in [3.8, 4) is 22.6 Å². The number of aromatic nitrogens is 1. The molecule has 0 amide bonds. The molecule has 1 spiro atoms. The maximum absolute atomic E-state index is 15.5. The summed E-state index contributed by atoms with van der Waals surface area (Å²) in [5.41, 5.74) is 7.70. The number of pyridine rings is 1. The van der Waals surface area contributed by atoms with E-state index in [9.17, 15) is 4.39 Å². The Morgan fingerprint density at radius 2 is 2.03 bits per heavy atom. The minimum atomic E-state index is -1.12. The molecule has 0 saturated carbocycles. The average Bonchev–Trinajstić information content (AvgIpc) is 3.57. The molecule has 0 aliphatic carbocycles. The number of morpholine rings is 1. The van der Waals surface area contributed by atoms with Crippen LogP contribution in [0.1, 0.15) is 17.5 Å². The second-order valence-corrected chi connectivity index (χ2v) is 9.06. The van der Waals surface area contributed by atoms with Gasteiger partial charge in [0.2, 0.25) is 5.95 Å². The van der Waals surface area contributed by atoms with Gasteiger partial charge in [0.1, 0.15) is 12.4 Å². The molecular weight excluding hydrogens is 442 g/mol. The van der Waals surface area contributed by atoms with Crippen LogP contribution in [0.15, 0.2) is 53.7 Å². The largest absolute Gasteiger partial charge is 0.462 e. The smallest absolute Gasteiger partial charge is 0.283 e. The number of aliphatic imine (C=N–C) groups is 1. The molecule has 34 heavy (non-hydrogen) atoms. The van der Waals surface area contributed by atoms with Crippen LogP contribution in [0.3, 0.4) is 0 Å². The molecule has 7 rings (SSSR count). The lowest BCUT2D eigenvalue weighted by atomic mass is 9.80. The molecule has 0 unspecified atom stereocenters. The Morgan fingerprint density at radius 3 is 2.76 bits per heavy atom. The van der Waals surface area contributed by atoms with E-state index >= 15 is 4.39 Å². The number of nitrogens with zero attached hydrogens (tertiary/aromatic N) is 3. The molecule has 2 N–H and O–H groups in total. The zero-order chi connectivity index (χ0) is 23.0. The van der Waals surface area contributed by atoms with Crippen molar-refractivity contribution in [3.63, 3.8) is 0 Å². The van der Waals surface area contributed by atoms with E-state index in [0.717, 1.165) is 12.1 Å². The van der Waals surface area contributed by atoms with Crippen molar-refractivity contribution < 1.29 is 23.0 Å². The number of rotatable bonds is 2. The van der Waals surface area contributed by atoms with E-state index in [0.29, 0.717) is 41.2 Å². The third-order valence-corrected chi connectivity index (χ3v) is 7.14. The van der Waals surface area contributed by atoms with E-state index in [1.807, 2.05) is 6.07 Å². The van der Waals surface area contributed by atoms with Crippen LogP contribution in [-0.2, 0) is 15.0 Å². The number of halogens is 2. The first-order valence-corrected chi connectivity index (χ1v) is 11.2. The van der Waals surface area contributed by atoms with Crippen molar-refractivity contribution >= 4 is 11.7 Å². The van der Waals surface area contributed by atoms with E-state index in [-0.39, 0.29) is 30.5 Å². The van der Waals surface area contributed by atoms with Crippen LogP contribution in [-0.4, -0.2) is 42.9 Å². The lowest BCUT2D eigenvalue weighted by Gasteiger charge is -2.36. The van der Waals surface area contributed by atoms with E-state index in [1.54, 1.807) is 30.3 Å². The minimum Gasteiger partial charge on any atom is -0.462 e. The lowest BCUT2D eigenvalue weighted by Crippen LogP contribution is -2.38. The van der Waals surface area contributed by atoms with Crippen molar-refractivity contribution in [3.05, 3.63) is 71.6 Å². The van der Waals surface area contributed by atoms with E-state index in [4.69, 9.17) is 19.9 Å². The van der Waals surface area contributed by atoms with Gasteiger partial charge < -0.3 is 24.8 Å². The van der Waals surface area contributed by atoms with Crippen LogP contribution in [0.2, 0.25) is 0 Å². The van der Waals surface area contributed by atoms with Gasteiger partial charge in [-0.05, 0) is 42.3 Å². The van der Waals surface area contributed by atoms with Crippen LogP contribution in [0.4, 0.5) is 14.5 Å². The number of hydrogen-bond donors (Lipinski definition) is 1. The summed E-state index contributed by atoms with van der Waals surface area (Å²) in [6, 6.07) is 12.2. The topological polar surface area (TPSA) is 82.2 Å². The predicted molar refractivity (Wildman–Crippen MR) is 120 cm³/mol. The molecule has 0 radical (unpaired) electrons. The van der Waals surface area contributed by atoms with Gasteiger partial charge in [-0.15, -0.1) is 0 Å². The first kappa shape index (κ1) is 19.7. The van der Waals surface area contributed by atoms with Gasteiger partial charge in [0.15, 0.2) is 17.1 Å². The third-order valence-electron chi connectivity index (χ3n) is 7.14. The Kier molecular flexibility index (Phi) is 4.00. The molecule has 2 bridgehead atoms. The molecule has 4 aliphatic rings. The first-order valence-electron chi connectivity index (χ1n) is 11.2. The second-order valence-electron chi connectivity index (χ2n) is 9.06. The summed E-state index contributed by atoms with van der Waals surface area (Å²) in [7, 11) is 0. The normalized spacial score (nSPS) is 26.2. The SMILES string of the molecule is NC1=N[C@@]2(CO1)c1cc(-c3cccnc3F)ccc1Oc1c(F)cc(N3C[C@@H]4C[C@H]3CO4)cc12. The number of ether oxygens (including phenoxy) is 3. The molecule has 9 heteroatoms. The van der Waals surface area contributed by atoms with Gasteiger partial charge in [0.25, 0.3) is 6.02 Å². The fraction of sp³-hybridized carbons (Fsp3) is 0.280. The highest BCUT2D eigenvalue weighted by Gasteiger charge is 2.49. The number of amidine groups is 1. The summed E-state index contributed by atoms with van der Waals surface area (Å²) in [6.45, 7) is 1.42. The first-order chi connectivity index (χ1) is 16.5. The standard InChI is InChI=1S/C25H20F2N4O3/c26-20-9-14(31-10-16-7-15(31)11-32-16)8-19-22(20)34-21-4-3-13(17-2-1-5-29-23(17)27)6-18(21)25(19)12-33-24(28)30-25/h1-6,8-9,15-16H,7,10-12H2,(H2,28,30)/t15-,16-,25-/m0/s1. The van der Waals surface area contributed by atoms with Crippen molar-refractivity contribution in [2.45, 2.75) is 24.1 Å². The molecule has 2 fully saturated rings. The van der Waals surface area contributed by atoms with Gasteiger partial charge in [0, 0.05) is 41.2 Å². The zero-order valence-corrected chi connectivity index (χ0v) is 18.0. The lowest BCUT2D eigenvalue weighted by molar-refractivity contribution is 0.0991. The maximum Gasteiger partial charge on any atom is 0.283 e. The summed E-state index contributed by atoms with van der Waals surface area (Å²) in [6.07, 6.45) is 2.49. The van der Waals surface area contributed by atoms with Crippen LogP contribution in [0, 0.1) is 11.8 Å². The highest BCUT2D eigenvalue weighted by molar-refractivity contribution is 5.78. The molecule has 172 valence electrons. The van der Waals surface area contributed by atoms with Gasteiger partial charge in [-0.25, -0.2) is 14.4 Å². The molecule has 2 aromatic carbocycles. The maximum atomic E-state index is 15.5. The molecule has 4 aliphatic heterocycles. The van der Waals surface area contributed by atoms with Gasteiger partial charge in [0.05, 0.1) is 18.8 Å². The Labute approximate surface area is 193 Å². The Morgan fingerprint density at radius 1 is 1.12 bits per heavy atom. The van der Waals surface area contributed by atoms with Gasteiger partial charge in [-0.2, -0.15) is 4.39 Å². The molecule has 3 atom stereocenters. The summed E-state index contributed by atoms with van der Waals surface area (Å²) in [5.74, 6) is -0.551.